The van der Waals surface area contributed by atoms with Crippen molar-refractivity contribution in [2.45, 2.75) is 78.6 Å². The molecule has 3 N–H and O–H groups in total. The van der Waals surface area contributed by atoms with Crippen LogP contribution < -0.4 is 5.32 Å². The van der Waals surface area contributed by atoms with Crippen molar-refractivity contribution >= 4 is 11.8 Å². The largest absolute Gasteiger partial charge is 0.356 e. The Morgan fingerprint density at radius 3 is 1.97 bits per heavy atom. The molecule has 0 fully saturated rings. The van der Waals surface area contributed by atoms with Gasteiger partial charge in [0.15, 0.2) is 0 Å². The van der Waals surface area contributed by atoms with E-state index in [0.29, 0.717) is 54.8 Å². The third-order valence-corrected chi connectivity index (χ3v) is 6.07. The smallest absolute Gasteiger partial charge is 0.231 e. The number of nitrogens with zero attached hydrogens (tertiary/aromatic N) is 6. The molecule has 0 bridgehead atoms. The van der Waals surface area contributed by atoms with Gasteiger partial charge in [-0.2, -0.15) is 0 Å². The molecule has 37 heavy (non-hydrogen) atoms. The van der Waals surface area contributed by atoms with Gasteiger partial charge < -0.3 is 20.2 Å². The Kier molecular flexibility index (Phi) is 10.8. The van der Waals surface area contributed by atoms with Crippen LogP contribution in [-0.4, -0.2) is 76.7 Å². The Balaban J connectivity index is 1.44. The molecule has 0 saturated carbocycles. The third-order valence-electron chi connectivity index (χ3n) is 6.07. The van der Waals surface area contributed by atoms with Crippen LogP contribution in [0, 0.1) is 0 Å². The summed E-state index contributed by atoms with van der Waals surface area (Å²) in [6.45, 7) is 11.2. The zero-order valence-corrected chi connectivity index (χ0v) is 22.3. The van der Waals surface area contributed by atoms with Crippen molar-refractivity contribution in [2.24, 2.45) is 0 Å². The van der Waals surface area contributed by atoms with Crippen molar-refractivity contribution in [3.8, 4) is 0 Å². The highest BCUT2D eigenvalue weighted by molar-refractivity contribution is 5.79. The van der Waals surface area contributed by atoms with Crippen molar-refractivity contribution < 1.29 is 9.59 Å². The van der Waals surface area contributed by atoms with Crippen molar-refractivity contribution in [3.63, 3.8) is 0 Å². The monoisotopic (exact) mass is 509 g/mol. The van der Waals surface area contributed by atoms with Crippen molar-refractivity contribution in [3.05, 3.63) is 60.2 Å². The number of amides is 2. The number of unbranched alkanes of at least 4 members (excludes halogenated alkanes) is 1. The predicted octanol–water partition coefficient (Wildman–Crippen LogP) is 2.25. The van der Waals surface area contributed by atoms with E-state index < -0.39 is 0 Å². The van der Waals surface area contributed by atoms with E-state index in [2.05, 4.69) is 67.8 Å². The molecule has 3 rings (SSSR count). The number of rotatable bonds is 15. The minimum absolute atomic E-state index is 0.0394. The Morgan fingerprint density at radius 1 is 0.865 bits per heavy atom. The topological polar surface area (TPSA) is 136 Å². The fourth-order valence-corrected chi connectivity index (χ4v) is 4.18. The normalized spacial score (nSPS) is 11.4. The highest BCUT2D eigenvalue weighted by atomic mass is 16.2. The molecule has 0 aliphatic carbocycles. The van der Waals surface area contributed by atoms with E-state index in [1.54, 1.807) is 42.1 Å². The molecule has 11 nitrogen and oxygen atoms in total. The molecule has 0 aliphatic heterocycles. The number of carbonyl (C=O) groups is 2. The van der Waals surface area contributed by atoms with Gasteiger partial charge in [0.2, 0.25) is 11.8 Å². The molecular weight excluding hydrogens is 470 g/mol. The van der Waals surface area contributed by atoms with Gasteiger partial charge in [-0.05, 0) is 52.6 Å². The van der Waals surface area contributed by atoms with E-state index in [1.807, 2.05) is 0 Å². The molecule has 0 atom stereocenters. The molecule has 3 aromatic heterocycles. The second kappa shape index (κ2) is 14.2. The Labute approximate surface area is 218 Å². The molecular formula is C26H39N9O2. The van der Waals surface area contributed by atoms with E-state index in [1.165, 1.54) is 0 Å². The van der Waals surface area contributed by atoms with Crippen LogP contribution in [0.4, 0.5) is 0 Å². The van der Waals surface area contributed by atoms with Gasteiger partial charge in [0, 0.05) is 55.8 Å². The van der Waals surface area contributed by atoms with Crippen LogP contribution >= 0.6 is 0 Å². The molecule has 3 heterocycles. The first kappa shape index (κ1) is 28.0. The number of carbonyl (C=O) groups excluding carboxylic acids is 2. The van der Waals surface area contributed by atoms with Crippen LogP contribution in [0.1, 0.15) is 63.6 Å². The van der Waals surface area contributed by atoms with Gasteiger partial charge >= 0.3 is 0 Å². The van der Waals surface area contributed by atoms with E-state index in [4.69, 9.17) is 0 Å². The van der Waals surface area contributed by atoms with Gasteiger partial charge in [0.1, 0.15) is 17.5 Å². The lowest BCUT2D eigenvalue weighted by molar-refractivity contribution is -0.132. The number of nitrogens with one attached hydrogen (secondary N) is 3. The third kappa shape index (κ3) is 9.41. The maximum Gasteiger partial charge on any atom is 0.231 e. The second-order valence-corrected chi connectivity index (χ2v) is 9.67. The highest BCUT2D eigenvalue weighted by Crippen LogP contribution is 2.09. The molecule has 3 aromatic rings. The average molecular weight is 510 g/mol. The number of H-pyrrole nitrogens is 2. The molecule has 0 aromatic carbocycles. The van der Waals surface area contributed by atoms with Gasteiger partial charge in [0.25, 0.3) is 0 Å². The summed E-state index contributed by atoms with van der Waals surface area (Å²) in [7, 11) is 0. The van der Waals surface area contributed by atoms with Crippen LogP contribution in [0.15, 0.2) is 37.2 Å². The van der Waals surface area contributed by atoms with Crippen LogP contribution in [0.5, 0.6) is 0 Å². The van der Waals surface area contributed by atoms with Gasteiger partial charge in [-0.25, -0.2) is 19.9 Å². The van der Waals surface area contributed by atoms with Crippen LogP contribution in [0.25, 0.3) is 0 Å². The standard InChI is InChI=1S/C26H39N9O2/c1-19(2)35(20(3)4)12-6-5-7-31-25(36)13-21-15-32-22(33-16-21)14-26(37)34(17-23-27-8-9-28-23)18-24-29-10-11-30-24/h8-11,15-16,19-20H,5-7,12-14,17-18H2,1-4H3,(H,27,28)(H,29,30)(H,31,36). The molecule has 200 valence electrons. The molecule has 11 heteroatoms. The SMILES string of the molecule is CC(C)N(CCCCNC(=O)Cc1cnc(CC(=O)N(Cc2ncc[nH]2)Cc2ncc[nH]2)nc1)C(C)C. The Bertz CT molecular complexity index is 1020. The second-order valence-electron chi connectivity index (χ2n) is 9.67. The van der Waals surface area contributed by atoms with E-state index >= 15 is 0 Å². The number of imidazole rings is 2. The van der Waals surface area contributed by atoms with Crippen molar-refractivity contribution in [1.82, 2.24) is 45.0 Å². The van der Waals surface area contributed by atoms with Gasteiger partial charge in [-0.3, -0.25) is 14.5 Å². The first-order valence-electron chi connectivity index (χ1n) is 12.9. The van der Waals surface area contributed by atoms with E-state index in [0.717, 1.165) is 19.4 Å². The highest BCUT2D eigenvalue weighted by Gasteiger charge is 2.19. The van der Waals surface area contributed by atoms with Crippen LogP contribution in [0.2, 0.25) is 0 Å². The maximum absolute atomic E-state index is 13.0. The van der Waals surface area contributed by atoms with Gasteiger partial charge in [0.05, 0.1) is 25.9 Å². The summed E-state index contributed by atoms with van der Waals surface area (Å²) in [6, 6.07) is 1.03. The first-order valence-corrected chi connectivity index (χ1v) is 12.9. The quantitative estimate of drug-likeness (QED) is 0.267. The summed E-state index contributed by atoms with van der Waals surface area (Å²) in [5.41, 5.74) is 0.711. The Morgan fingerprint density at radius 2 is 1.46 bits per heavy atom. The fraction of sp³-hybridized carbons (Fsp3) is 0.538. The summed E-state index contributed by atoms with van der Waals surface area (Å²) in [4.78, 5) is 52.5. The van der Waals surface area contributed by atoms with E-state index in [-0.39, 0.29) is 24.7 Å². The summed E-state index contributed by atoms with van der Waals surface area (Å²) in [5, 5.41) is 2.98. The van der Waals surface area contributed by atoms with Crippen molar-refractivity contribution in [2.75, 3.05) is 13.1 Å². The van der Waals surface area contributed by atoms with Crippen LogP contribution in [0.3, 0.4) is 0 Å². The lowest BCUT2D eigenvalue weighted by Gasteiger charge is -2.30. The summed E-state index contributed by atoms with van der Waals surface area (Å²) < 4.78 is 0. The number of aromatic nitrogens is 6. The molecule has 0 aliphatic rings. The van der Waals surface area contributed by atoms with Gasteiger partial charge in [-0.1, -0.05) is 0 Å². The van der Waals surface area contributed by atoms with Crippen molar-refractivity contribution in [1.29, 1.82) is 0 Å². The van der Waals surface area contributed by atoms with E-state index in [9.17, 15) is 9.59 Å². The fourth-order valence-electron chi connectivity index (χ4n) is 4.18. The Hall–Kier alpha value is -3.60. The number of aromatic amines is 2. The minimum atomic E-state index is -0.146. The summed E-state index contributed by atoms with van der Waals surface area (Å²) in [5.74, 6) is 1.56. The minimum Gasteiger partial charge on any atom is -0.356 e. The molecule has 0 spiro atoms. The number of hydrogen-bond acceptors (Lipinski definition) is 7. The maximum atomic E-state index is 13.0. The summed E-state index contributed by atoms with van der Waals surface area (Å²) in [6.07, 6.45) is 12.2. The lowest BCUT2D eigenvalue weighted by Crippen LogP contribution is -2.38. The zero-order chi connectivity index (χ0) is 26.6. The lowest BCUT2D eigenvalue weighted by atomic mass is 10.2. The summed E-state index contributed by atoms with van der Waals surface area (Å²) >= 11 is 0. The molecule has 0 radical (unpaired) electrons. The van der Waals surface area contributed by atoms with Gasteiger partial charge in [-0.15, -0.1) is 0 Å². The zero-order valence-electron chi connectivity index (χ0n) is 22.3. The first-order chi connectivity index (χ1) is 17.8. The predicted molar refractivity (Wildman–Crippen MR) is 140 cm³/mol. The average Bonchev–Trinajstić information content (AvgIpc) is 3.56. The molecule has 2 amide bonds. The molecule has 0 saturated heterocycles. The molecule has 0 unspecified atom stereocenters. The number of hydrogen-bond donors (Lipinski definition) is 3. The van der Waals surface area contributed by atoms with Crippen LogP contribution in [-0.2, 0) is 35.5 Å².